The van der Waals surface area contributed by atoms with E-state index in [9.17, 15) is 24.1 Å². The van der Waals surface area contributed by atoms with E-state index >= 15 is 0 Å². The van der Waals surface area contributed by atoms with E-state index in [0.717, 1.165) is 12.1 Å². The highest BCUT2D eigenvalue weighted by Crippen LogP contribution is 2.23. The van der Waals surface area contributed by atoms with Gasteiger partial charge in [-0.1, -0.05) is 26.0 Å². The summed E-state index contributed by atoms with van der Waals surface area (Å²) in [4.78, 5) is 37.3. The zero-order valence-corrected chi connectivity index (χ0v) is 18.2. The molecule has 0 saturated heterocycles. The zero-order chi connectivity index (χ0) is 23.7. The first-order valence-corrected chi connectivity index (χ1v) is 10.2. The molecule has 0 fully saturated rings. The summed E-state index contributed by atoms with van der Waals surface area (Å²) in [6.07, 6.45) is -1.16. The van der Waals surface area contributed by atoms with E-state index in [0.29, 0.717) is 18.7 Å². The van der Waals surface area contributed by atoms with Crippen molar-refractivity contribution in [3.63, 3.8) is 0 Å². The van der Waals surface area contributed by atoms with Gasteiger partial charge in [0.25, 0.3) is 17.8 Å². The van der Waals surface area contributed by atoms with Crippen LogP contribution in [0, 0.1) is 15.9 Å². The van der Waals surface area contributed by atoms with Crippen molar-refractivity contribution >= 4 is 17.6 Å². The third kappa shape index (κ3) is 6.48. The number of likely N-dealkylation sites (N-methyl/N-ethyl adjacent to an activating group) is 1. The Morgan fingerprint density at radius 1 is 1.16 bits per heavy atom. The summed E-state index contributed by atoms with van der Waals surface area (Å²) < 4.78 is 24.8. The molecule has 2 rings (SSSR count). The molecule has 0 aliphatic carbocycles. The highest BCUT2D eigenvalue weighted by molar-refractivity contribution is 5.97. The number of ether oxygens (including phenoxy) is 2. The summed E-state index contributed by atoms with van der Waals surface area (Å²) in [6.45, 7) is 6.39. The summed E-state index contributed by atoms with van der Waals surface area (Å²) in [5, 5.41) is 13.6. The van der Waals surface area contributed by atoms with Crippen molar-refractivity contribution in [2.75, 3.05) is 19.7 Å². The fourth-order valence-electron chi connectivity index (χ4n) is 3.00. The van der Waals surface area contributed by atoms with Crippen molar-refractivity contribution in [2.45, 2.75) is 33.5 Å². The Morgan fingerprint density at radius 2 is 1.88 bits per heavy atom. The Bertz CT molecular complexity index is 964. The molecule has 172 valence electrons. The zero-order valence-electron chi connectivity index (χ0n) is 18.2. The minimum atomic E-state index is -1.16. The normalized spacial score (nSPS) is 11.7. The van der Waals surface area contributed by atoms with Crippen molar-refractivity contribution in [2.24, 2.45) is 0 Å². The van der Waals surface area contributed by atoms with Gasteiger partial charge in [-0.05, 0) is 37.7 Å². The van der Waals surface area contributed by atoms with Crippen molar-refractivity contribution in [3.05, 3.63) is 69.5 Å². The Labute approximate surface area is 185 Å². The number of nitro benzene ring substituents is 1. The monoisotopic (exact) mass is 447 g/mol. The maximum atomic E-state index is 13.9. The largest absolute Gasteiger partial charge is 0.463 e. The quantitative estimate of drug-likeness (QED) is 0.244. The van der Waals surface area contributed by atoms with E-state index in [4.69, 9.17) is 9.47 Å². The van der Waals surface area contributed by atoms with Crippen LogP contribution < -0.4 is 10.1 Å². The van der Waals surface area contributed by atoms with Crippen molar-refractivity contribution in [1.29, 1.82) is 0 Å². The van der Waals surface area contributed by atoms with Crippen LogP contribution in [0.4, 0.5) is 10.1 Å². The molecule has 0 heterocycles. The third-order valence-corrected chi connectivity index (χ3v) is 4.63. The van der Waals surface area contributed by atoms with Gasteiger partial charge in [-0.25, -0.2) is 9.18 Å². The number of non-ortho nitro benzene ring substituents is 1. The van der Waals surface area contributed by atoms with Gasteiger partial charge < -0.3 is 14.8 Å². The predicted molar refractivity (Wildman–Crippen MR) is 115 cm³/mol. The number of halogens is 1. The average Bonchev–Trinajstić information content (AvgIpc) is 2.78. The maximum absolute atomic E-state index is 13.9. The van der Waals surface area contributed by atoms with Crippen molar-refractivity contribution < 1.29 is 28.4 Å². The Hall–Kier alpha value is -3.53. The van der Waals surface area contributed by atoms with E-state index in [1.165, 1.54) is 24.3 Å². The lowest BCUT2D eigenvalue weighted by molar-refractivity contribution is -0.384. The molecule has 1 N–H and O–H groups in total. The van der Waals surface area contributed by atoms with Crippen LogP contribution >= 0.6 is 0 Å². The van der Waals surface area contributed by atoms with Crippen LogP contribution in [0.2, 0.25) is 0 Å². The Morgan fingerprint density at radius 3 is 2.50 bits per heavy atom. The van der Waals surface area contributed by atoms with Crippen molar-refractivity contribution in [3.8, 4) is 5.75 Å². The number of hydrogen-bond acceptors (Lipinski definition) is 7. The molecule has 9 nitrogen and oxygen atoms in total. The SMILES string of the molecule is CCOC(=O)C(Oc1cc(F)ccc1C(=O)NCc1cccc([N+](=O)[O-])c1)N(CC)CC. The van der Waals surface area contributed by atoms with Gasteiger partial charge in [0.2, 0.25) is 0 Å². The number of benzene rings is 2. The molecule has 0 aliphatic heterocycles. The van der Waals surface area contributed by atoms with E-state index < -0.39 is 28.8 Å². The Balaban J connectivity index is 2.25. The summed E-state index contributed by atoms with van der Waals surface area (Å²) in [6, 6.07) is 9.22. The first kappa shape index (κ1) is 24.7. The van der Waals surface area contributed by atoms with Crippen LogP contribution in [0.1, 0.15) is 36.7 Å². The minimum absolute atomic E-state index is 0.00861. The second-order valence-electron chi connectivity index (χ2n) is 6.69. The summed E-state index contributed by atoms with van der Waals surface area (Å²) >= 11 is 0. The molecule has 0 bridgehead atoms. The van der Waals surface area contributed by atoms with E-state index in [1.54, 1.807) is 17.9 Å². The number of nitrogens with one attached hydrogen (secondary N) is 1. The van der Waals surface area contributed by atoms with Gasteiger partial charge >= 0.3 is 5.97 Å². The molecule has 0 aliphatic rings. The molecule has 1 amide bonds. The highest BCUT2D eigenvalue weighted by Gasteiger charge is 2.29. The van der Waals surface area contributed by atoms with Gasteiger partial charge in [0.05, 0.1) is 17.1 Å². The first-order valence-electron chi connectivity index (χ1n) is 10.2. The van der Waals surface area contributed by atoms with E-state index in [-0.39, 0.29) is 30.2 Å². The third-order valence-electron chi connectivity index (χ3n) is 4.63. The molecule has 0 spiro atoms. The molecule has 2 aromatic rings. The van der Waals surface area contributed by atoms with Gasteiger partial charge in [-0.3, -0.25) is 19.8 Å². The lowest BCUT2D eigenvalue weighted by atomic mass is 10.1. The van der Waals surface area contributed by atoms with Gasteiger partial charge in [0, 0.05) is 24.7 Å². The predicted octanol–water partition coefficient (Wildman–Crippen LogP) is 3.27. The molecule has 1 atom stereocenters. The summed E-state index contributed by atoms with van der Waals surface area (Å²) in [7, 11) is 0. The molecule has 10 heteroatoms. The molecule has 0 aromatic heterocycles. The summed E-state index contributed by atoms with van der Waals surface area (Å²) in [5.74, 6) is -2.00. The Kier molecular flexibility index (Phi) is 9.08. The number of carbonyl (C=O) groups is 2. The second-order valence-corrected chi connectivity index (χ2v) is 6.69. The lowest BCUT2D eigenvalue weighted by Gasteiger charge is -2.28. The van der Waals surface area contributed by atoms with E-state index in [2.05, 4.69) is 5.32 Å². The molecule has 2 aromatic carbocycles. The second kappa shape index (κ2) is 11.8. The molecule has 0 saturated carbocycles. The summed E-state index contributed by atoms with van der Waals surface area (Å²) in [5.41, 5.74) is 0.432. The minimum Gasteiger partial charge on any atom is -0.463 e. The fraction of sp³-hybridized carbons (Fsp3) is 0.364. The molecule has 0 radical (unpaired) electrons. The standard InChI is InChI=1S/C22H26FN3O6/c1-4-25(5-2)21(22(28)31-6-3)32-19-13-16(23)10-11-18(19)20(27)24-14-15-8-7-9-17(12-15)26(29)30/h7-13,21H,4-6,14H2,1-3H3,(H,24,27). The van der Waals surface area contributed by atoms with Crippen LogP contribution in [0.3, 0.4) is 0 Å². The van der Waals surface area contributed by atoms with Crippen LogP contribution in [-0.2, 0) is 16.1 Å². The van der Waals surface area contributed by atoms with Gasteiger partial charge in [-0.2, -0.15) is 0 Å². The molecule has 1 unspecified atom stereocenters. The number of rotatable bonds is 11. The van der Waals surface area contributed by atoms with Gasteiger partial charge in [0.15, 0.2) is 0 Å². The van der Waals surface area contributed by atoms with Crippen molar-refractivity contribution in [1.82, 2.24) is 10.2 Å². The number of hydrogen-bond donors (Lipinski definition) is 1. The topological polar surface area (TPSA) is 111 Å². The molecular weight excluding hydrogens is 421 g/mol. The van der Waals surface area contributed by atoms with Crippen LogP contribution in [0.25, 0.3) is 0 Å². The maximum Gasteiger partial charge on any atom is 0.363 e. The van der Waals surface area contributed by atoms with Gasteiger partial charge in [-0.15, -0.1) is 0 Å². The number of carbonyl (C=O) groups excluding carboxylic acids is 2. The lowest BCUT2D eigenvalue weighted by Crippen LogP contribution is -2.46. The average molecular weight is 447 g/mol. The number of esters is 1. The molecular formula is C22H26FN3O6. The van der Waals surface area contributed by atoms with Crippen LogP contribution in [0.5, 0.6) is 5.75 Å². The first-order chi connectivity index (χ1) is 15.3. The number of nitro groups is 1. The van der Waals surface area contributed by atoms with Crippen LogP contribution in [-0.4, -0.2) is 47.6 Å². The number of amides is 1. The number of nitrogens with zero attached hydrogens (tertiary/aromatic N) is 2. The fourth-order valence-corrected chi connectivity index (χ4v) is 3.00. The smallest absolute Gasteiger partial charge is 0.363 e. The highest BCUT2D eigenvalue weighted by atomic mass is 19.1. The van der Waals surface area contributed by atoms with Gasteiger partial charge in [0.1, 0.15) is 11.6 Å². The molecule has 32 heavy (non-hydrogen) atoms. The van der Waals surface area contributed by atoms with E-state index in [1.807, 2.05) is 13.8 Å². The van der Waals surface area contributed by atoms with Crippen LogP contribution in [0.15, 0.2) is 42.5 Å².